The number of pyridine rings is 1. The fraction of sp³-hybridized carbons (Fsp3) is 0.160. The first-order valence-electron chi connectivity index (χ1n) is 10.3. The highest BCUT2D eigenvalue weighted by atomic mass is 32.2. The maximum absolute atomic E-state index is 12.8. The molecule has 1 fully saturated rings. The van der Waals surface area contributed by atoms with Gasteiger partial charge in [0, 0.05) is 42.2 Å². The number of hydrogen-bond acceptors (Lipinski definition) is 4. The monoisotopic (exact) mass is 426 g/mol. The summed E-state index contributed by atoms with van der Waals surface area (Å²) in [6.07, 6.45) is 4.60. The summed E-state index contributed by atoms with van der Waals surface area (Å²) in [7, 11) is 0. The van der Waals surface area contributed by atoms with E-state index in [-0.39, 0.29) is 11.3 Å². The first-order valence-corrected chi connectivity index (χ1v) is 11.4. The fourth-order valence-corrected chi connectivity index (χ4v) is 5.06. The maximum atomic E-state index is 12.8. The van der Waals surface area contributed by atoms with Crippen molar-refractivity contribution < 1.29 is 4.79 Å². The Balaban J connectivity index is 1.51. The lowest BCUT2D eigenvalue weighted by molar-refractivity contribution is -0.128. The molecule has 0 radical (unpaired) electrons. The minimum absolute atomic E-state index is 0.0659. The van der Waals surface area contributed by atoms with Crippen molar-refractivity contribution in [3.8, 4) is 16.9 Å². The number of nitrogens with zero attached hydrogens (tertiary/aromatic N) is 4. The molecular weight excluding hydrogens is 404 g/mol. The normalized spacial score (nSPS) is 16.1. The first kappa shape index (κ1) is 19.6. The lowest BCUT2D eigenvalue weighted by Gasteiger charge is -2.24. The molecule has 0 N–H and O–H groups in total. The van der Waals surface area contributed by atoms with Gasteiger partial charge in [-0.2, -0.15) is 5.10 Å². The maximum Gasteiger partial charge on any atom is 0.233 e. The van der Waals surface area contributed by atoms with Crippen LogP contribution in [0.2, 0.25) is 0 Å². The molecule has 0 bridgehead atoms. The number of para-hydroxylation sites is 1. The summed E-state index contributed by atoms with van der Waals surface area (Å²) in [5, 5.41) is 4.86. The van der Waals surface area contributed by atoms with Crippen molar-refractivity contribution in [3.05, 3.63) is 103 Å². The predicted octanol–water partition coefficient (Wildman–Crippen LogP) is 4.75. The van der Waals surface area contributed by atoms with Gasteiger partial charge in [-0.25, -0.2) is 4.68 Å². The Kier molecular flexibility index (Phi) is 5.54. The molecule has 4 aromatic rings. The van der Waals surface area contributed by atoms with Crippen molar-refractivity contribution in [2.24, 2.45) is 0 Å². The van der Waals surface area contributed by atoms with E-state index in [2.05, 4.69) is 23.3 Å². The van der Waals surface area contributed by atoms with Gasteiger partial charge in [0.05, 0.1) is 17.1 Å². The Labute approximate surface area is 185 Å². The second-order valence-corrected chi connectivity index (χ2v) is 8.47. The molecule has 1 atom stereocenters. The van der Waals surface area contributed by atoms with E-state index in [0.29, 0.717) is 12.3 Å². The molecule has 1 aliphatic heterocycles. The largest absolute Gasteiger partial charge is 0.325 e. The standard InChI is InChI=1S/C25H22N4OS/c30-23-18-31-25(28(23)16-14-20-11-7-8-15-26-20)22-17-29(21-12-5-2-6-13-21)27-24(22)19-9-3-1-4-10-19/h1-13,15,17,25H,14,16,18H2/t25-/m0/s1. The van der Waals surface area contributed by atoms with Gasteiger partial charge in [0.15, 0.2) is 0 Å². The Bertz CT molecular complexity index is 1160. The van der Waals surface area contributed by atoms with Crippen LogP contribution in [-0.4, -0.2) is 37.9 Å². The fourth-order valence-electron chi connectivity index (χ4n) is 3.84. The molecule has 5 nitrogen and oxygen atoms in total. The van der Waals surface area contributed by atoms with Crippen molar-refractivity contribution >= 4 is 17.7 Å². The highest BCUT2D eigenvalue weighted by molar-refractivity contribution is 8.00. The molecule has 5 rings (SSSR count). The summed E-state index contributed by atoms with van der Waals surface area (Å²) in [6.45, 7) is 0.637. The molecule has 0 saturated carbocycles. The Morgan fingerprint density at radius 2 is 1.68 bits per heavy atom. The summed E-state index contributed by atoms with van der Waals surface area (Å²) in [5.74, 6) is 0.648. The van der Waals surface area contributed by atoms with Crippen molar-refractivity contribution in [2.45, 2.75) is 11.8 Å². The molecule has 1 saturated heterocycles. The zero-order valence-electron chi connectivity index (χ0n) is 17.0. The molecule has 0 unspecified atom stereocenters. The van der Waals surface area contributed by atoms with Crippen LogP contribution in [0, 0.1) is 0 Å². The highest BCUT2D eigenvalue weighted by Crippen LogP contribution is 2.42. The summed E-state index contributed by atoms with van der Waals surface area (Å²) in [6, 6.07) is 26.2. The van der Waals surface area contributed by atoms with Gasteiger partial charge in [0.1, 0.15) is 5.37 Å². The SMILES string of the molecule is O=C1CS[C@@H](c2cn(-c3ccccc3)nc2-c2ccccc2)N1CCc1ccccn1. The third kappa shape index (κ3) is 4.11. The van der Waals surface area contributed by atoms with Crippen LogP contribution in [0.15, 0.2) is 91.3 Å². The van der Waals surface area contributed by atoms with Gasteiger partial charge < -0.3 is 4.90 Å². The van der Waals surface area contributed by atoms with E-state index in [1.54, 1.807) is 18.0 Å². The third-order valence-electron chi connectivity index (χ3n) is 5.38. The zero-order valence-corrected chi connectivity index (χ0v) is 17.8. The quantitative estimate of drug-likeness (QED) is 0.446. The average molecular weight is 427 g/mol. The zero-order chi connectivity index (χ0) is 21.0. The molecule has 154 valence electrons. The number of rotatable bonds is 6. The summed E-state index contributed by atoms with van der Waals surface area (Å²) < 4.78 is 1.91. The van der Waals surface area contributed by atoms with Crippen molar-refractivity contribution in [1.82, 2.24) is 19.7 Å². The first-order chi connectivity index (χ1) is 15.3. The number of thioether (sulfide) groups is 1. The Morgan fingerprint density at radius 1 is 0.935 bits per heavy atom. The second-order valence-electron chi connectivity index (χ2n) is 7.40. The van der Waals surface area contributed by atoms with Crippen LogP contribution in [0.5, 0.6) is 0 Å². The number of benzene rings is 2. The number of carbonyl (C=O) groups is 1. The van der Waals surface area contributed by atoms with Crippen LogP contribution in [0.1, 0.15) is 16.6 Å². The van der Waals surface area contributed by atoms with Crippen LogP contribution in [-0.2, 0) is 11.2 Å². The van der Waals surface area contributed by atoms with Crippen molar-refractivity contribution in [3.63, 3.8) is 0 Å². The number of aromatic nitrogens is 3. The van der Waals surface area contributed by atoms with E-state index in [9.17, 15) is 4.79 Å². The van der Waals surface area contributed by atoms with E-state index in [1.807, 2.05) is 76.3 Å². The molecule has 6 heteroatoms. The molecule has 2 aromatic heterocycles. The van der Waals surface area contributed by atoms with E-state index < -0.39 is 0 Å². The lowest BCUT2D eigenvalue weighted by atomic mass is 10.1. The summed E-state index contributed by atoms with van der Waals surface area (Å²) in [5.41, 5.74) is 5.03. The number of carbonyl (C=O) groups excluding carboxylic acids is 1. The van der Waals surface area contributed by atoms with E-state index in [1.165, 1.54) is 0 Å². The van der Waals surface area contributed by atoms with Gasteiger partial charge in [-0.1, -0.05) is 54.6 Å². The van der Waals surface area contributed by atoms with Gasteiger partial charge in [-0.05, 0) is 24.3 Å². The van der Waals surface area contributed by atoms with E-state index >= 15 is 0 Å². The van der Waals surface area contributed by atoms with Crippen LogP contribution in [0.3, 0.4) is 0 Å². The van der Waals surface area contributed by atoms with Gasteiger partial charge in [-0.15, -0.1) is 11.8 Å². The van der Waals surface area contributed by atoms with Gasteiger partial charge in [0.2, 0.25) is 5.91 Å². The Hall–Kier alpha value is -3.38. The van der Waals surface area contributed by atoms with Gasteiger partial charge in [0.25, 0.3) is 0 Å². The summed E-state index contributed by atoms with van der Waals surface area (Å²) in [4.78, 5) is 19.1. The predicted molar refractivity (Wildman–Crippen MR) is 124 cm³/mol. The van der Waals surface area contributed by atoms with Crippen molar-refractivity contribution in [1.29, 1.82) is 0 Å². The Morgan fingerprint density at radius 3 is 2.42 bits per heavy atom. The van der Waals surface area contributed by atoms with E-state index in [4.69, 9.17) is 5.10 Å². The average Bonchev–Trinajstić information content (AvgIpc) is 3.43. The molecule has 3 heterocycles. The third-order valence-corrected chi connectivity index (χ3v) is 6.62. The molecule has 1 amide bonds. The molecule has 31 heavy (non-hydrogen) atoms. The number of hydrogen-bond donors (Lipinski definition) is 0. The molecule has 0 aliphatic carbocycles. The second kappa shape index (κ2) is 8.78. The number of amides is 1. The van der Waals surface area contributed by atoms with E-state index in [0.717, 1.165) is 34.6 Å². The summed E-state index contributed by atoms with van der Waals surface area (Å²) >= 11 is 1.67. The molecule has 2 aromatic carbocycles. The van der Waals surface area contributed by atoms with Crippen LogP contribution < -0.4 is 0 Å². The van der Waals surface area contributed by atoms with Gasteiger partial charge >= 0.3 is 0 Å². The topological polar surface area (TPSA) is 51.0 Å². The van der Waals surface area contributed by atoms with Crippen LogP contribution in [0.4, 0.5) is 0 Å². The van der Waals surface area contributed by atoms with Crippen molar-refractivity contribution in [2.75, 3.05) is 12.3 Å². The molecular formula is C25H22N4OS. The molecule has 1 aliphatic rings. The lowest BCUT2D eigenvalue weighted by Crippen LogP contribution is -2.30. The van der Waals surface area contributed by atoms with Crippen LogP contribution >= 0.6 is 11.8 Å². The van der Waals surface area contributed by atoms with Gasteiger partial charge in [-0.3, -0.25) is 9.78 Å². The van der Waals surface area contributed by atoms with Crippen LogP contribution in [0.25, 0.3) is 16.9 Å². The highest BCUT2D eigenvalue weighted by Gasteiger charge is 2.35. The minimum Gasteiger partial charge on any atom is -0.325 e. The minimum atomic E-state index is -0.0659. The molecule has 0 spiro atoms. The smallest absolute Gasteiger partial charge is 0.233 e.